The van der Waals surface area contributed by atoms with Crippen LogP contribution in [0.5, 0.6) is 0 Å². The van der Waals surface area contributed by atoms with Gasteiger partial charge in [-0.05, 0) is 43.7 Å². The molecule has 132 valence electrons. The predicted molar refractivity (Wildman–Crippen MR) is 95.3 cm³/mol. The first-order valence-electron chi connectivity index (χ1n) is 7.88. The molecule has 0 aliphatic heterocycles. The lowest BCUT2D eigenvalue weighted by Gasteiger charge is -2.24. The Balaban J connectivity index is 2.24. The van der Waals surface area contributed by atoms with Crippen LogP contribution in [0.4, 0.5) is 0 Å². The number of carbonyl (C=O) groups excluding carboxylic acids is 2. The first-order chi connectivity index (χ1) is 11.9. The van der Waals surface area contributed by atoms with E-state index < -0.39 is 24.0 Å². The summed E-state index contributed by atoms with van der Waals surface area (Å²) in [6.07, 6.45) is -1.64. The van der Waals surface area contributed by atoms with Crippen molar-refractivity contribution in [2.75, 3.05) is 0 Å². The Kier molecular flexibility index (Phi) is 6.56. The molecule has 0 aliphatic rings. The molecule has 25 heavy (non-hydrogen) atoms. The van der Waals surface area contributed by atoms with Crippen LogP contribution in [-0.2, 0) is 9.53 Å². The van der Waals surface area contributed by atoms with Gasteiger partial charge in [-0.25, -0.2) is 4.79 Å². The number of carbonyl (C=O) groups is 2. The highest BCUT2D eigenvalue weighted by molar-refractivity contribution is 6.30. The van der Waals surface area contributed by atoms with Gasteiger partial charge in [0.1, 0.15) is 6.10 Å². The van der Waals surface area contributed by atoms with Crippen molar-refractivity contribution in [3.05, 3.63) is 70.7 Å². The fraction of sp³-hybridized carbons (Fsp3) is 0.263. The van der Waals surface area contributed by atoms with Crippen molar-refractivity contribution >= 4 is 23.5 Å². The molecule has 0 radical (unpaired) electrons. The standard InChI is InChI=1S/C19H20ClNO4/c1-12(2)25-19(24)16(17(22)13-8-10-15(20)11-9-13)21-18(23)14-6-4-3-5-7-14/h3-12,16-17,22H,1-2H3,(H,21,23). The van der Waals surface area contributed by atoms with Crippen LogP contribution in [0.1, 0.15) is 35.9 Å². The van der Waals surface area contributed by atoms with Gasteiger partial charge in [0.15, 0.2) is 6.04 Å². The number of halogens is 1. The van der Waals surface area contributed by atoms with Gasteiger partial charge in [0.25, 0.3) is 5.91 Å². The van der Waals surface area contributed by atoms with Gasteiger partial charge in [0.05, 0.1) is 6.10 Å². The number of esters is 1. The van der Waals surface area contributed by atoms with Crippen LogP contribution in [0.25, 0.3) is 0 Å². The second-order valence-corrected chi connectivity index (χ2v) is 6.24. The average Bonchev–Trinajstić information content (AvgIpc) is 2.59. The largest absolute Gasteiger partial charge is 0.461 e. The minimum Gasteiger partial charge on any atom is -0.461 e. The van der Waals surface area contributed by atoms with E-state index in [1.54, 1.807) is 68.4 Å². The minimum absolute atomic E-state index is 0.374. The lowest BCUT2D eigenvalue weighted by molar-refractivity contribution is -0.152. The highest BCUT2D eigenvalue weighted by atomic mass is 35.5. The first kappa shape index (κ1) is 19.0. The van der Waals surface area contributed by atoms with E-state index in [9.17, 15) is 14.7 Å². The third-order valence-corrected chi connectivity index (χ3v) is 3.71. The van der Waals surface area contributed by atoms with Gasteiger partial charge in [0, 0.05) is 10.6 Å². The third-order valence-electron chi connectivity index (χ3n) is 3.46. The Morgan fingerprint density at radius 1 is 1.04 bits per heavy atom. The maximum atomic E-state index is 12.4. The number of aliphatic hydroxyl groups excluding tert-OH is 1. The molecule has 2 aromatic rings. The molecular formula is C19H20ClNO4. The predicted octanol–water partition coefficient (Wildman–Crippen LogP) is 3.12. The molecule has 5 nitrogen and oxygen atoms in total. The molecule has 0 aromatic heterocycles. The molecule has 0 fully saturated rings. The van der Waals surface area contributed by atoms with Crippen molar-refractivity contribution in [3.8, 4) is 0 Å². The molecule has 6 heteroatoms. The summed E-state index contributed by atoms with van der Waals surface area (Å²) in [6, 6.07) is 13.6. The molecule has 0 bridgehead atoms. The highest BCUT2D eigenvalue weighted by Crippen LogP contribution is 2.21. The summed E-state index contributed by atoms with van der Waals surface area (Å²) in [7, 11) is 0. The molecule has 0 saturated carbocycles. The molecular weight excluding hydrogens is 342 g/mol. The number of amides is 1. The number of benzene rings is 2. The van der Waals surface area contributed by atoms with Gasteiger partial charge < -0.3 is 15.2 Å². The van der Waals surface area contributed by atoms with Crippen LogP contribution in [-0.4, -0.2) is 29.1 Å². The van der Waals surface area contributed by atoms with E-state index in [0.717, 1.165) is 0 Å². The lowest BCUT2D eigenvalue weighted by Crippen LogP contribution is -2.46. The highest BCUT2D eigenvalue weighted by Gasteiger charge is 2.32. The van der Waals surface area contributed by atoms with Crippen LogP contribution >= 0.6 is 11.6 Å². The van der Waals surface area contributed by atoms with E-state index in [2.05, 4.69) is 5.32 Å². The van der Waals surface area contributed by atoms with Gasteiger partial charge >= 0.3 is 5.97 Å². The average molecular weight is 362 g/mol. The summed E-state index contributed by atoms with van der Waals surface area (Å²) in [4.78, 5) is 24.8. The van der Waals surface area contributed by atoms with Crippen molar-refractivity contribution in [2.45, 2.75) is 32.1 Å². The van der Waals surface area contributed by atoms with E-state index in [4.69, 9.17) is 16.3 Å². The Hall–Kier alpha value is -2.37. The van der Waals surface area contributed by atoms with Gasteiger partial charge in [-0.3, -0.25) is 4.79 Å². The number of rotatable bonds is 6. The van der Waals surface area contributed by atoms with Gasteiger partial charge in [-0.15, -0.1) is 0 Å². The number of aliphatic hydroxyl groups is 1. The number of hydrogen-bond acceptors (Lipinski definition) is 4. The van der Waals surface area contributed by atoms with Crippen LogP contribution < -0.4 is 5.32 Å². The van der Waals surface area contributed by atoms with Crippen LogP contribution in [0.15, 0.2) is 54.6 Å². The zero-order valence-corrected chi connectivity index (χ0v) is 14.7. The molecule has 2 aromatic carbocycles. The van der Waals surface area contributed by atoms with E-state index in [-0.39, 0.29) is 6.10 Å². The molecule has 0 saturated heterocycles. The molecule has 2 N–H and O–H groups in total. The lowest BCUT2D eigenvalue weighted by atomic mass is 10.0. The minimum atomic E-state index is -1.27. The molecule has 0 heterocycles. The van der Waals surface area contributed by atoms with Crippen LogP contribution in [0.2, 0.25) is 5.02 Å². The van der Waals surface area contributed by atoms with E-state index in [1.165, 1.54) is 0 Å². The zero-order valence-electron chi connectivity index (χ0n) is 14.0. The summed E-state index contributed by atoms with van der Waals surface area (Å²) in [5, 5.41) is 13.7. The summed E-state index contributed by atoms with van der Waals surface area (Å²) in [5.74, 6) is -1.18. The molecule has 0 aliphatic carbocycles. The SMILES string of the molecule is CC(C)OC(=O)C(NC(=O)c1ccccc1)C(O)c1ccc(Cl)cc1. The molecule has 2 atom stereocenters. The van der Waals surface area contributed by atoms with E-state index >= 15 is 0 Å². The number of hydrogen-bond donors (Lipinski definition) is 2. The zero-order chi connectivity index (χ0) is 18.4. The quantitative estimate of drug-likeness (QED) is 0.775. The molecule has 1 amide bonds. The van der Waals surface area contributed by atoms with Gasteiger partial charge in [-0.1, -0.05) is 41.9 Å². The van der Waals surface area contributed by atoms with E-state index in [0.29, 0.717) is 16.1 Å². The molecule has 0 spiro atoms. The monoisotopic (exact) mass is 361 g/mol. The van der Waals surface area contributed by atoms with Gasteiger partial charge in [0.2, 0.25) is 0 Å². The van der Waals surface area contributed by atoms with Crippen molar-refractivity contribution in [3.63, 3.8) is 0 Å². The molecule has 2 unspecified atom stereocenters. The molecule has 2 rings (SSSR count). The topological polar surface area (TPSA) is 75.6 Å². The van der Waals surface area contributed by atoms with Crippen molar-refractivity contribution < 1.29 is 19.4 Å². The number of nitrogens with one attached hydrogen (secondary N) is 1. The second-order valence-electron chi connectivity index (χ2n) is 5.80. The maximum Gasteiger partial charge on any atom is 0.332 e. The fourth-order valence-electron chi connectivity index (χ4n) is 2.24. The van der Waals surface area contributed by atoms with Crippen LogP contribution in [0, 0.1) is 0 Å². The normalized spacial score (nSPS) is 13.2. The smallest absolute Gasteiger partial charge is 0.332 e. The summed E-state index contributed by atoms with van der Waals surface area (Å²) in [5.41, 5.74) is 0.830. The van der Waals surface area contributed by atoms with Crippen LogP contribution in [0.3, 0.4) is 0 Å². The first-order valence-corrected chi connectivity index (χ1v) is 8.26. The second kappa shape index (κ2) is 8.65. The van der Waals surface area contributed by atoms with Crippen molar-refractivity contribution in [2.24, 2.45) is 0 Å². The van der Waals surface area contributed by atoms with Crippen molar-refractivity contribution in [1.82, 2.24) is 5.32 Å². The Labute approximate surface area is 151 Å². The third kappa shape index (κ3) is 5.31. The van der Waals surface area contributed by atoms with Gasteiger partial charge in [-0.2, -0.15) is 0 Å². The summed E-state index contributed by atoms with van der Waals surface area (Å²) in [6.45, 7) is 3.39. The Morgan fingerprint density at radius 3 is 2.20 bits per heavy atom. The van der Waals surface area contributed by atoms with Crippen molar-refractivity contribution in [1.29, 1.82) is 0 Å². The number of ether oxygens (including phenoxy) is 1. The fourth-order valence-corrected chi connectivity index (χ4v) is 2.36. The Bertz CT molecular complexity index is 716. The summed E-state index contributed by atoms with van der Waals surface area (Å²) >= 11 is 5.85. The Morgan fingerprint density at radius 2 is 1.64 bits per heavy atom. The maximum absolute atomic E-state index is 12.4. The summed E-state index contributed by atoms with van der Waals surface area (Å²) < 4.78 is 5.18. The van der Waals surface area contributed by atoms with E-state index in [1.807, 2.05) is 0 Å².